The maximum Gasteiger partial charge on any atom is 0.366 e. The maximum atomic E-state index is 11.8. The second-order valence-corrected chi connectivity index (χ2v) is 4.83. The molecule has 0 aliphatic carbocycles. The van der Waals surface area contributed by atoms with Gasteiger partial charge in [-0.15, -0.1) is 0 Å². The van der Waals surface area contributed by atoms with Crippen molar-refractivity contribution < 1.29 is 19.1 Å². The number of rotatable bonds is 4. The Morgan fingerprint density at radius 3 is 2.39 bits per heavy atom. The second-order valence-electron chi connectivity index (χ2n) is 4.83. The standard InChI is InChI=1S/C18H13NO4/c20-17(14-9-5-2-6-10-14)22-12-15-18(21)23-16(19-15)11-13-7-3-1-4-8-13/h1-10,12H,11H2/b15-12+. The summed E-state index contributed by atoms with van der Waals surface area (Å²) >= 11 is 0. The van der Waals surface area contributed by atoms with Crippen LogP contribution >= 0.6 is 0 Å². The van der Waals surface area contributed by atoms with Crippen LogP contribution in [0.2, 0.25) is 0 Å². The van der Waals surface area contributed by atoms with Crippen LogP contribution in [0.1, 0.15) is 15.9 Å². The summed E-state index contributed by atoms with van der Waals surface area (Å²) in [5.41, 5.74) is 1.34. The van der Waals surface area contributed by atoms with Gasteiger partial charge in [0, 0.05) is 6.42 Å². The average Bonchev–Trinajstić information content (AvgIpc) is 2.94. The zero-order chi connectivity index (χ0) is 16.1. The molecule has 0 aromatic heterocycles. The van der Waals surface area contributed by atoms with Crippen molar-refractivity contribution >= 4 is 17.8 Å². The molecule has 114 valence electrons. The largest absolute Gasteiger partial charge is 0.428 e. The Labute approximate surface area is 132 Å². The highest BCUT2D eigenvalue weighted by atomic mass is 16.6. The SMILES string of the molecule is O=C1OC(Cc2ccccc2)=N/C1=C/OC(=O)c1ccccc1. The molecular formula is C18H13NO4. The summed E-state index contributed by atoms with van der Waals surface area (Å²) < 4.78 is 10.0. The fraction of sp³-hybridized carbons (Fsp3) is 0.0556. The Hall–Kier alpha value is -3.21. The van der Waals surface area contributed by atoms with E-state index in [1.807, 2.05) is 30.3 Å². The van der Waals surface area contributed by atoms with Crippen LogP contribution in [0.15, 0.2) is 77.6 Å². The first-order chi connectivity index (χ1) is 11.2. The van der Waals surface area contributed by atoms with Crippen molar-refractivity contribution in [3.63, 3.8) is 0 Å². The van der Waals surface area contributed by atoms with Crippen molar-refractivity contribution in [1.29, 1.82) is 0 Å². The molecular weight excluding hydrogens is 294 g/mol. The minimum absolute atomic E-state index is 0.0276. The quantitative estimate of drug-likeness (QED) is 0.495. The summed E-state index contributed by atoms with van der Waals surface area (Å²) in [7, 11) is 0. The van der Waals surface area contributed by atoms with E-state index in [1.165, 1.54) is 0 Å². The van der Waals surface area contributed by atoms with Gasteiger partial charge in [0.2, 0.25) is 5.90 Å². The van der Waals surface area contributed by atoms with Crippen molar-refractivity contribution in [2.24, 2.45) is 4.99 Å². The second kappa shape index (κ2) is 6.70. The lowest BCUT2D eigenvalue weighted by Crippen LogP contribution is -2.07. The van der Waals surface area contributed by atoms with Crippen LogP contribution in [0, 0.1) is 0 Å². The van der Waals surface area contributed by atoms with Crippen molar-refractivity contribution in [2.45, 2.75) is 6.42 Å². The van der Waals surface area contributed by atoms with E-state index in [-0.39, 0.29) is 11.6 Å². The molecule has 0 bridgehead atoms. The summed E-state index contributed by atoms with van der Waals surface area (Å²) in [5, 5.41) is 0. The van der Waals surface area contributed by atoms with Gasteiger partial charge in [-0.25, -0.2) is 14.6 Å². The van der Waals surface area contributed by atoms with E-state index in [0.29, 0.717) is 12.0 Å². The van der Waals surface area contributed by atoms with Crippen molar-refractivity contribution in [2.75, 3.05) is 0 Å². The molecule has 0 unspecified atom stereocenters. The Kier molecular flexibility index (Phi) is 4.29. The van der Waals surface area contributed by atoms with Gasteiger partial charge in [0.1, 0.15) is 6.26 Å². The molecule has 23 heavy (non-hydrogen) atoms. The first-order valence-corrected chi connectivity index (χ1v) is 7.02. The van der Waals surface area contributed by atoms with Gasteiger partial charge in [0.15, 0.2) is 5.70 Å². The number of hydrogen-bond donors (Lipinski definition) is 0. The topological polar surface area (TPSA) is 65.0 Å². The normalized spacial score (nSPS) is 15.2. The van der Waals surface area contributed by atoms with E-state index >= 15 is 0 Å². The summed E-state index contributed by atoms with van der Waals surface area (Å²) in [5.74, 6) is -0.905. The molecule has 1 aliphatic heterocycles. The van der Waals surface area contributed by atoms with Gasteiger partial charge in [-0.1, -0.05) is 48.5 Å². The van der Waals surface area contributed by atoms with Crippen molar-refractivity contribution in [3.8, 4) is 0 Å². The van der Waals surface area contributed by atoms with Gasteiger partial charge in [-0.2, -0.15) is 0 Å². The molecule has 3 rings (SSSR count). The summed E-state index contributed by atoms with van der Waals surface area (Å²) in [6.45, 7) is 0. The molecule has 1 heterocycles. The fourth-order valence-electron chi connectivity index (χ4n) is 2.03. The summed E-state index contributed by atoms with van der Waals surface area (Å²) in [6, 6.07) is 18.0. The third-order valence-electron chi connectivity index (χ3n) is 3.15. The summed E-state index contributed by atoms with van der Waals surface area (Å²) in [6.07, 6.45) is 1.42. The van der Waals surface area contributed by atoms with Gasteiger partial charge < -0.3 is 9.47 Å². The third-order valence-corrected chi connectivity index (χ3v) is 3.15. The molecule has 5 heteroatoms. The molecule has 5 nitrogen and oxygen atoms in total. The van der Waals surface area contributed by atoms with Crippen molar-refractivity contribution in [1.82, 2.24) is 0 Å². The number of hydrogen-bond acceptors (Lipinski definition) is 5. The molecule has 0 atom stereocenters. The van der Waals surface area contributed by atoms with E-state index in [2.05, 4.69) is 4.99 Å². The molecule has 0 saturated carbocycles. The number of cyclic esters (lactones) is 1. The molecule has 0 fully saturated rings. The highest BCUT2D eigenvalue weighted by molar-refractivity contribution is 6.05. The predicted octanol–water partition coefficient (Wildman–Crippen LogP) is 2.88. The van der Waals surface area contributed by atoms with Gasteiger partial charge in [0.25, 0.3) is 0 Å². The van der Waals surface area contributed by atoms with Crippen LogP contribution < -0.4 is 0 Å². The van der Waals surface area contributed by atoms with E-state index in [0.717, 1.165) is 11.8 Å². The van der Waals surface area contributed by atoms with Gasteiger partial charge >= 0.3 is 11.9 Å². The number of carbonyl (C=O) groups is 2. The van der Waals surface area contributed by atoms with Crippen LogP contribution in [0.5, 0.6) is 0 Å². The van der Waals surface area contributed by atoms with E-state index in [9.17, 15) is 9.59 Å². The van der Waals surface area contributed by atoms with Gasteiger partial charge in [-0.3, -0.25) is 0 Å². The monoisotopic (exact) mass is 307 g/mol. The number of nitrogens with zero attached hydrogens (tertiary/aromatic N) is 1. The van der Waals surface area contributed by atoms with Crippen LogP contribution in [0.3, 0.4) is 0 Å². The number of esters is 2. The summed E-state index contributed by atoms with van der Waals surface area (Å²) in [4.78, 5) is 27.6. The maximum absolute atomic E-state index is 11.8. The van der Waals surface area contributed by atoms with Crippen LogP contribution in [-0.4, -0.2) is 17.8 Å². The van der Waals surface area contributed by atoms with E-state index in [1.54, 1.807) is 30.3 Å². The number of carbonyl (C=O) groups excluding carboxylic acids is 2. The first-order valence-electron chi connectivity index (χ1n) is 7.02. The van der Waals surface area contributed by atoms with Crippen LogP contribution in [-0.2, 0) is 20.7 Å². The fourth-order valence-corrected chi connectivity index (χ4v) is 2.03. The Morgan fingerprint density at radius 2 is 1.70 bits per heavy atom. The lowest BCUT2D eigenvalue weighted by atomic mass is 10.1. The van der Waals surface area contributed by atoms with Crippen LogP contribution in [0.4, 0.5) is 0 Å². The molecule has 1 aliphatic rings. The highest BCUT2D eigenvalue weighted by Crippen LogP contribution is 2.15. The molecule has 0 amide bonds. The zero-order valence-electron chi connectivity index (χ0n) is 12.1. The molecule has 2 aromatic rings. The minimum Gasteiger partial charge on any atom is -0.428 e. The Bertz CT molecular complexity index is 779. The Balaban J connectivity index is 1.67. The molecule has 0 saturated heterocycles. The average molecular weight is 307 g/mol. The third kappa shape index (κ3) is 3.71. The minimum atomic E-state index is -0.628. The van der Waals surface area contributed by atoms with E-state index in [4.69, 9.17) is 9.47 Å². The van der Waals surface area contributed by atoms with Crippen molar-refractivity contribution in [3.05, 3.63) is 83.7 Å². The first kappa shape index (κ1) is 14.7. The molecule has 0 radical (unpaired) electrons. The number of ether oxygens (including phenoxy) is 2. The predicted molar refractivity (Wildman–Crippen MR) is 83.6 cm³/mol. The lowest BCUT2D eigenvalue weighted by Gasteiger charge is -1.99. The Morgan fingerprint density at radius 1 is 1.04 bits per heavy atom. The molecule has 0 N–H and O–H groups in total. The zero-order valence-corrected chi connectivity index (χ0v) is 12.1. The highest BCUT2D eigenvalue weighted by Gasteiger charge is 2.24. The molecule has 2 aromatic carbocycles. The smallest absolute Gasteiger partial charge is 0.366 e. The van der Waals surface area contributed by atoms with Crippen LogP contribution in [0.25, 0.3) is 0 Å². The number of benzene rings is 2. The lowest BCUT2D eigenvalue weighted by molar-refractivity contribution is -0.130. The van der Waals surface area contributed by atoms with E-state index < -0.39 is 11.9 Å². The van der Waals surface area contributed by atoms with Gasteiger partial charge in [0.05, 0.1) is 5.56 Å². The number of aliphatic imine (C=N–C) groups is 1. The molecule has 0 spiro atoms. The van der Waals surface area contributed by atoms with Gasteiger partial charge in [-0.05, 0) is 17.7 Å².